The molecule has 0 spiro atoms. The minimum Gasteiger partial charge on any atom is -0.276 e. The zero-order chi connectivity index (χ0) is 15.1. The minimum atomic E-state index is -3.83. The molecule has 0 fully saturated rings. The Bertz CT molecular complexity index is 772. The summed E-state index contributed by atoms with van der Waals surface area (Å²) in [6.07, 6.45) is 0. The third-order valence-electron chi connectivity index (χ3n) is 2.49. The first-order valence-electron chi connectivity index (χ1n) is 5.32. The average Bonchev–Trinajstić information content (AvgIpc) is 2.70. The van der Waals surface area contributed by atoms with E-state index >= 15 is 0 Å². The first kappa shape index (κ1) is 15.9. The van der Waals surface area contributed by atoms with Crippen LogP contribution in [0.15, 0.2) is 16.3 Å². The smallest absolute Gasteiger partial charge is 0.273 e. The van der Waals surface area contributed by atoms with Crippen LogP contribution in [0, 0.1) is 13.8 Å². The molecular formula is C11H9Cl3N2O2S2. The van der Waals surface area contributed by atoms with E-state index in [1.807, 2.05) is 0 Å². The highest BCUT2D eigenvalue weighted by Gasteiger charge is 2.24. The van der Waals surface area contributed by atoms with Crippen molar-refractivity contribution in [1.82, 2.24) is 4.98 Å². The molecule has 0 aliphatic heterocycles. The molecule has 1 aromatic carbocycles. The third-order valence-corrected chi connectivity index (χ3v) is 6.52. The number of aromatic nitrogens is 1. The van der Waals surface area contributed by atoms with Crippen molar-refractivity contribution in [3.8, 4) is 0 Å². The molecule has 0 bridgehead atoms. The first-order chi connectivity index (χ1) is 9.22. The van der Waals surface area contributed by atoms with Crippen LogP contribution in [0.4, 0.5) is 5.69 Å². The minimum absolute atomic E-state index is 0.0381. The number of nitrogens with one attached hydrogen (secondary N) is 1. The van der Waals surface area contributed by atoms with Crippen LogP contribution < -0.4 is 4.72 Å². The molecule has 0 unspecified atom stereocenters. The molecule has 20 heavy (non-hydrogen) atoms. The number of aryl methyl sites for hydroxylation is 2. The lowest BCUT2D eigenvalue weighted by atomic mass is 10.2. The van der Waals surface area contributed by atoms with Crippen LogP contribution in [-0.2, 0) is 10.0 Å². The molecule has 0 saturated heterocycles. The predicted molar refractivity (Wildman–Crippen MR) is 83.9 cm³/mol. The number of nitrogens with zero attached hydrogens (tertiary/aromatic N) is 1. The van der Waals surface area contributed by atoms with Crippen LogP contribution in [0.25, 0.3) is 0 Å². The highest BCUT2D eigenvalue weighted by molar-refractivity contribution is 7.94. The summed E-state index contributed by atoms with van der Waals surface area (Å²) in [5, 5.41) is 0.479. The maximum Gasteiger partial charge on any atom is 0.273 e. The first-order valence-corrected chi connectivity index (χ1v) is 8.76. The van der Waals surface area contributed by atoms with Crippen LogP contribution in [0.2, 0.25) is 14.5 Å². The Balaban J connectivity index is 2.49. The van der Waals surface area contributed by atoms with Gasteiger partial charge in [-0.3, -0.25) is 4.72 Å². The zero-order valence-corrected chi connectivity index (χ0v) is 14.3. The number of hydrogen-bond acceptors (Lipinski definition) is 4. The van der Waals surface area contributed by atoms with Crippen molar-refractivity contribution in [3.05, 3.63) is 37.9 Å². The SMILES string of the molecule is Cc1ccc(Cl)c(NS(=O)(=O)c2sc(Cl)nc2C)c1Cl. The molecule has 0 saturated carbocycles. The van der Waals surface area contributed by atoms with Crippen molar-refractivity contribution in [2.45, 2.75) is 18.1 Å². The molecule has 9 heteroatoms. The lowest BCUT2D eigenvalue weighted by Crippen LogP contribution is -2.13. The van der Waals surface area contributed by atoms with Gasteiger partial charge in [0.2, 0.25) is 0 Å². The second-order valence-electron chi connectivity index (χ2n) is 4.00. The van der Waals surface area contributed by atoms with Gasteiger partial charge in [-0.15, -0.1) is 0 Å². The summed E-state index contributed by atoms with van der Waals surface area (Å²) >= 11 is 18.7. The highest BCUT2D eigenvalue weighted by atomic mass is 35.5. The fourth-order valence-electron chi connectivity index (χ4n) is 1.53. The van der Waals surface area contributed by atoms with Crippen LogP contribution in [0.1, 0.15) is 11.3 Å². The van der Waals surface area contributed by atoms with Gasteiger partial charge in [0.25, 0.3) is 10.0 Å². The van der Waals surface area contributed by atoms with Gasteiger partial charge in [0.15, 0.2) is 8.68 Å². The van der Waals surface area contributed by atoms with Gasteiger partial charge in [0.05, 0.1) is 21.4 Å². The monoisotopic (exact) mass is 370 g/mol. The Labute approximate surface area is 135 Å². The van der Waals surface area contributed by atoms with E-state index in [9.17, 15) is 8.42 Å². The third kappa shape index (κ3) is 3.04. The van der Waals surface area contributed by atoms with Gasteiger partial charge >= 0.3 is 0 Å². The molecule has 0 amide bonds. The Morgan fingerprint density at radius 3 is 2.40 bits per heavy atom. The van der Waals surface area contributed by atoms with E-state index in [2.05, 4.69) is 9.71 Å². The summed E-state index contributed by atoms with van der Waals surface area (Å²) < 4.78 is 27.3. The van der Waals surface area contributed by atoms with Gasteiger partial charge in [-0.05, 0) is 25.5 Å². The molecule has 0 atom stereocenters. The molecule has 1 N–H and O–H groups in total. The van der Waals surface area contributed by atoms with Gasteiger partial charge in [-0.2, -0.15) is 0 Å². The standard InChI is InChI=1S/C11H9Cl3N2O2S2/c1-5-3-4-7(12)9(8(5)13)16-20(17,18)10-6(2)15-11(14)19-10/h3-4,16H,1-2H3. The van der Waals surface area contributed by atoms with Crippen molar-refractivity contribution < 1.29 is 8.42 Å². The van der Waals surface area contributed by atoms with Crippen LogP contribution in [0.5, 0.6) is 0 Å². The number of benzene rings is 1. The number of rotatable bonds is 3. The fraction of sp³-hybridized carbons (Fsp3) is 0.182. The van der Waals surface area contributed by atoms with E-state index in [4.69, 9.17) is 34.8 Å². The van der Waals surface area contributed by atoms with Crippen LogP contribution in [0.3, 0.4) is 0 Å². The van der Waals surface area contributed by atoms with E-state index in [-0.39, 0.29) is 24.4 Å². The Kier molecular flexibility index (Phi) is 4.51. The number of hydrogen-bond donors (Lipinski definition) is 1. The normalized spacial score (nSPS) is 11.7. The molecule has 2 aromatic rings. The molecule has 0 radical (unpaired) electrons. The van der Waals surface area contributed by atoms with Crippen molar-refractivity contribution in [3.63, 3.8) is 0 Å². The molecule has 0 aliphatic rings. The molecule has 1 aromatic heterocycles. The lowest BCUT2D eigenvalue weighted by molar-refractivity contribution is 0.602. The second kappa shape index (κ2) is 5.69. The number of anilines is 1. The summed E-state index contributed by atoms with van der Waals surface area (Å²) in [7, 11) is -3.83. The number of thiazole rings is 1. The largest absolute Gasteiger partial charge is 0.276 e. The predicted octanol–water partition coefficient (Wildman–Crippen LogP) is 4.52. The fourth-order valence-corrected chi connectivity index (χ4v) is 4.94. The molecular weight excluding hydrogens is 363 g/mol. The Morgan fingerprint density at radius 1 is 1.20 bits per heavy atom. The van der Waals surface area contributed by atoms with Crippen molar-refractivity contribution in [2.24, 2.45) is 0 Å². The van der Waals surface area contributed by atoms with Gasteiger partial charge in [0, 0.05) is 0 Å². The summed E-state index contributed by atoms with van der Waals surface area (Å²) in [6.45, 7) is 3.32. The summed E-state index contributed by atoms with van der Waals surface area (Å²) in [6, 6.07) is 3.28. The Morgan fingerprint density at radius 2 is 1.85 bits per heavy atom. The second-order valence-corrected chi connectivity index (χ2v) is 8.24. The zero-order valence-electron chi connectivity index (χ0n) is 10.4. The van der Waals surface area contributed by atoms with E-state index in [1.165, 1.54) is 0 Å². The lowest BCUT2D eigenvalue weighted by Gasteiger charge is -2.12. The van der Waals surface area contributed by atoms with Gasteiger partial charge in [-0.25, -0.2) is 13.4 Å². The number of sulfonamides is 1. The number of halogens is 3. The van der Waals surface area contributed by atoms with E-state index in [1.54, 1.807) is 26.0 Å². The van der Waals surface area contributed by atoms with E-state index in [0.717, 1.165) is 11.3 Å². The van der Waals surface area contributed by atoms with E-state index in [0.29, 0.717) is 11.3 Å². The molecule has 1 heterocycles. The van der Waals surface area contributed by atoms with Gasteiger partial charge < -0.3 is 0 Å². The van der Waals surface area contributed by atoms with Crippen LogP contribution in [-0.4, -0.2) is 13.4 Å². The Hall–Kier alpha value is -0.530. The van der Waals surface area contributed by atoms with Gasteiger partial charge in [-0.1, -0.05) is 52.2 Å². The maximum absolute atomic E-state index is 12.3. The highest BCUT2D eigenvalue weighted by Crippen LogP contribution is 2.36. The van der Waals surface area contributed by atoms with E-state index < -0.39 is 10.0 Å². The summed E-state index contributed by atoms with van der Waals surface area (Å²) in [5.41, 5.74) is 1.19. The topological polar surface area (TPSA) is 59.1 Å². The molecule has 0 aliphatic carbocycles. The van der Waals surface area contributed by atoms with Crippen molar-refractivity contribution in [2.75, 3.05) is 4.72 Å². The summed E-state index contributed by atoms with van der Waals surface area (Å²) in [4.78, 5) is 3.88. The quantitative estimate of drug-likeness (QED) is 0.863. The van der Waals surface area contributed by atoms with Crippen LogP contribution >= 0.6 is 46.1 Å². The molecule has 4 nitrogen and oxygen atoms in total. The average molecular weight is 372 g/mol. The summed E-state index contributed by atoms with van der Waals surface area (Å²) in [5.74, 6) is 0. The molecule has 108 valence electrons. The van der Waals surface area contributed by atoms with Crippen molar-refractivity contribution in [1.29, 1.82) is 0 Å². The maximum atomic E-state index is 12.3. The molecule has 2 rings (SSSR count). The van der Waals surface area contributed by atoms with Gasteiger partial charge in [0.1, 0.15) is 0 Å². The van der Waals surface area contributed by atoms with Crippen molar-refractivity contribution >= 4 is 61.9 Å².